The van der Waals surface area contributed by atoms with Gasteiger partial charge in [0, 0.05) is 0 Å². The van der Waals surface area contributed by atoms with Crippen LogP contribution in [-0.2, 0) is 28.1 Å². The van der Waals surface area contributed by atoms with Crippen LogP contribution >= 0.6 is 0 Å². The zero-order valence-electron chi connectivity index (χ0n) is 23.5. The Morgan fingerprint density at radius 3 is 1.59 bits per heavy atom. The molecular weight excluding hydrogens is 506 g/mol. The number of carbonyl (C=O) groups is 1. The molecule has 0 unspecified atom stereocenters. The van der Waals surface area contributed by atoms with Crippen LogP contribution in [0.4, 0.5) is 0 Å². The van der Waals surface area contributed by atoms with Crippen molar-refractivity contribution in [1.29, 1.82) is 0 Å². The number of methoxy groups -OCH3 is 1. The largest absolute Gasteiger partial charge is 0.497 e. The summed E-state index contributed by atoms with van der Waals surface area (Å²) in [5.74, 6) is 0.450. The number of rotatable bonds is 11. The topological polar surface area (TPSA) is 47.6 Å². The van der Waals surface area contributed by atoms with Crippen LogP contribution in [0.15, 0.2) is 140 Å². The molecule has 5 aromatic carbocycles. The van der Waals surface area contributed by atoms with Crippen molar-refractivity contribution in [2.24, 2.45) is 0 Å². The molecule has 0 amide bonds. The highest BCUT2D eigenvalue weighted by Gasteiger charge is 2.40. The van der Waals surface area contributed by atoms with Gasteiger partial charge >= 0.3 is 5.97 Å². The maximum Gasteiger partial charge on any atom is 0.323 e. The van der Waals surface area contributed by atoms with E-state index in [0.29, 0.717) is 6.42 Å². The molecule has 4 heteroatoms. The molecule has 4 nitrogen and oxygen atoms in total. The summed E-state index contributed by atoms with van der Waals surface area (Å²) in [5.41, 5.74) is 5.43. The number of nitrogens with one attached hydrogen (secondary N) is 1. The minimum atomic E-state index is -0.807. The Morgan fingerprint density at radius 1 is 0.659 bits per heavy atom. The van der Waals surface area contributed by atoms with E-state index < -0.39 is 11.6 Å². The number of hydrogen-bond donors (Lipinski definition) is 1. The molecule has 0 saturated carbocycles. The third-order valence-corrected chi connectivity index (χ3v) is 7.40. The SMILES string of the molecule is COc1ccc(COC(=O)[C@@H](Cc2ccc(C)cc2)NC(c2ccccc2)(c2ccccc2)c2ccccc2)cc1. The van der Waals surface area contributed by atoms with Gasteiger partial charge in [-0.1, -0.05) is 133 Å². The molecule has 0 fully saturated rings. The second-order valence-electron chi connectivity index (χ2n) is 10.2. The van der Waals surface area contributed by atoms with E-state index in [1.807, 2.05) is 78.9 Å². The fraction of sp³-hybridized carbons (Fsp3) is 0.162. The second-order valence-corrected chi connectivity index (χ2v) is 10.2. The number of hydrogen-bond acceptors (Lipinski definition) is 4. The third kappa shape index (κ3) is 6.56. The first-order chi connectivity index (χ1) is 20.1. The minimum Gasteiger partial charge on any atom is -0.497 e. The molecule has 0 aliphatic heterocycles. The van der Waals surface area contributed by atoms with Gasteiger partial charge in [-0.05, 0) is 53.3 Å². The number of carbonyl (C=O) groups excluding carboxylic acids is 1. The van der Waals surface area contributed by atoms with Gasteiger partial charge in [-0.15, -0.1) is 0 Å². The Balaban J connectivity index is 1.57. The summed E-state index contributed by atoms with van der Waals surface area (Å²) in [5, 5.41) is 3.84. The molecule has 0 saturated heterocycles. The summed E-state index contributed by atoms with van der Waals surface area (Å²) >= 11 is 0. The average molecular weight is 542 g/mol. The minimum absolute atomic E-state index is 0.171. The van der Waals surface area contributed by atoms with Crippen molar-refractivity contribution in [1.82, 2.24) is 5.32 Å². The molecule has 0 aliphatic rings. The van der Waals surface area contributed by atoms with E-state index >= 15 is 0 Å². The monoisotopic (exact) mass is 541 g/mol. The van der Waals surface area contributed by atoms with Crippen LogP contribution < -0.4 is 10.1 Å². The van der Waals surface area contributed by atoms with Crippen molar-refractivity contribution in [3.8, 4) is 5.75 Å². The zero-order valence-corrected chi connectivity index (χ0v) is 23.5. The highest BCUT2D eigenvalue weighted by atomic mass is 16.5. The van der Waals surface area contributed by atoms with Gasteiger partial charge in [0.25, 0.3) is 0 Å². The number of ether oxygens (including phenoxy) is 2. The molecule has 5 aromatic rings. The normalized spacial score (nSPS) is 12.0. The lowest BCUT2D eigenvalue weighted by Crippen LogP contribution is -2.53. The lowest BCUT2D eigenvalue weighted by atomic mass is 9.76. The first-order valence-electron chi connectivity index (χ1n) is 13.9. The summed E-state index contributed by atoms with van der Waals surface area (Å²) in [6.45, 7) is 2.23. The van der Waals surface area contributed by atoms with E-state index in [2.05, 4.69) is 72.9 Å². The van der Waals surface area contributed by atoms with Crippen LogP contribution in [0, 0.1) is 6.92 Å². The molecule has 0 aliphatic carbocycles. The van der Waals surface area contributed by atoms with E-state index in [-0.39, 0.29) is 12.6 Å². The molecule has 1 atom stereocenters. The van der Waals surface area contributed by atoms with Gasteiger partial charge < -0.3 is 9.47 Å². The first-order valence-corrected chi connectivity index (χ1v) is 13.9. The highest BCUT2D eigenvalue weighted by Crippen LogP contribution is 2.37. The van der Waals surface area contributed by atoms with Crippen molar-refractivity contribution in [3.63, 3.8) is 0 Å². The molecule has 5 rings (SSSR count). The second kappa shape index (κ2) is 13.1. The van der Waals surface area contributed by atoms with Gasteiger partial charge in [0.2, 0.25) is 0 Å². The third-order valence-electron chi connectivity index (χ3n) is 7.40. The number of esters is 1. The summed E-state index contributed by atoms with van der Waals surface area (Å²) in [4.78, 5) is 14.0. The van der Waals surface area contributed by atoms with Crippen molar-refractivity contribution in [3.05, 3.63) is 173 Å². The summed E-state index contributed by atoms with van der Waals surface area (Å²) in [6, 6.07) is 46.2. The Kier molecular flexibility index (Phi) is 8.92. The zero-order chi connectivity index (χ0) is 28.5. The van der Waals surface area contributed by atoms with Gasteiger partial charge in [-0.25, -0.2) is 0 Å². The summed E-state index contributed by atoms with van der Waals surface area (Å²) in [7, 11) is 1.63. The lowest BCUT2D eigenvalue weighted by Gasteiger charge is -2.39. The quantitative estimate of drug-likeness (QED) is 0.141. The number of benzene rings is 5. The van der Waals surface area contributed by atoms with Gasteiger partial charge in [0.1, 0.15) is 18.4 Å². The van der Waals surface area contributed by atoms with E-state index in [1.54, 1.807) is 7.11 Å². The van der Waals surface area contributed by atoms with Crippen LogP contribution in [0.3, 0.4) is 0 Å². The van der Waals surface area contributed by atoms with Gasteiger partial charge in [0.15, 0.2) is 0 Å². The van der Waals surface area contributed by atoms with Crippen molar-refractivity contribution < 1.29 is 14.3 Å². The molecule has 0 spiro atoms. The summed E-state index contributed by atoms with van der Waals surface area (Å²) in [6.07, 6.45) is 0.468. The summed E-state index contributed by atoms with van der Waals surface area (Å²) < 4.78 is 11.2. The fourth-order valence-corrected chi connectivity index (χ4v) is 5.21. The van der Waals surface area contributed by atoms with E-state index in [1.165, 1.54) is 5.56 Å². The molecule has 0 radical (unpaired) electrons. The average Bonchev–Trinajstić information content (AvgIpc) is 3.04. The Morgan fingerprint density at radius 2 is 1.12 bits per heavy atom. The maximum atomic E-state index is 14.0. The van der Waals surface area contributed by atoms with Crippen LogP contribution in [0.5, 0.6) is 5.75 Å². The molecule has 0 bridgehead atoms. The van der Waals surface area contributed by atoms with Gasteiger partial charge in [-0.3, -0.25) is 10.1 Å². The predicted octanol–water partition coefficient (Wildman–Crippen LogP) is 7.24. The van der Waals surface area contributed by atoms with Crippen molar-refractivity contribution >= 4 is 5.97 Å². The standard InChI is InChI=1S/C37H35NO3/c1-28-18-20-29(21-19-28)26-35(36(39)41-27-30-22-24-34(40-2)25-23-30)38-37(31-12-6-3-7-13-31,32-14-8-4-9-15-32)33-16-10-5-11-17-33/h3-25,35,38H,26-27H2,1-2H3/t35-/m1/s1. The molecule has 0 aromatic heterocycles. The van der Waals surface area contributed by atoms with Crippen molar-refractivity contribution in [2.45, 2.75) is 31.5 Å². The molecule has 206 valence electrons. The van der Waals surface area contributed by atoms with E-state index in [9.17, 15) is 4.79 Å². The van der Waals surface area contributed by atoms with E-state index in [0.717, 1.165) is 33.6 Å². The van der Waals surface area contributed by atoms with Crippen molar-refractivity contribution in [2.75, 3.05) is 7.11 Å². The highest BCUT2D eigenvalue weighted by molar-refractivity contribution is 5.77. The first kappa shape index (κ1) is 27.9. The Hall–Kier alpha value is -4.67. The van der Waals surface area contributed by atoms with Crippen LogP contribution in [0.1, 0.15) is 33.4 Å². The predicted molar refractivity (Wildman–Crippen MR) is 164 cm³/mol. The maximum absolute atomic E-state index is 14.0. The fourth-order valence-electron chi connectivity index (χ4n) is 5.21. The van der Waals surface area contributed by atoms with Crippen LogP contribution in [0.25, 0.3) is 0 Å². The smallest absolute Gasteiger partial charge is 0.323 e. The van der Waals surface area contributed by atoms with E-state index in [4.69, 9.17) is 9.47 Å². The number of aryl methyl sites for hydroxylation is 1. The Labute approximate surface area is 242 Å². The van der Waals surface area contributed by atoms with Gasteiger partial charge in [0.05, 0.1) is 12.6 Å². The molecule has 0 heterocycles. The molecule has 41 heavy (non-hydrogen) atoms. The Bertz CT molecular complexity index is 1420. The molecule has 1 N–H and O–H groups in total. The van der Waals surface area contributed by atoms with Crippen LogP contribution in [0.2, 0.25) is 0 Å². The van der Waals surface area contributed by atoms with Crippen LogP contribution in [-0.4, -0.2) is 19.1 Å². The van der Waals surface area contributed by atoms with Gasteiger partial charge in [-0.2, -0.15) is 0 Å². The lowest BCUT2D eigenvalue weighted by molar-refractivity contribution is -0.148. The molecular formula is C37H35NO3.